The van der Waals surface area contributed by atoms with Crippen LogP contribution in [0.3, 0.4) is 0 Å². The van der Waals surface area contributed by atoms with Gasteiger partial charge in [-0.25, -0.2) is 4.79 Å². The Kier molecular flexibility index (Phi) is 3.52. The topological polar surface area (TPSA) is 56.5 Å². The van der Waals surface area contributed by atoms with E-state index in [2.05, 4.69) is 4.74 Å². The molecule has 0 aliphatic carbocycles. The SMILES string of the molecule is CCOC(=O)C(=O)c1cc2ccc(C(F)(F)F)cc2o1. The molecule has 106 valence electrons. The lowest BCUT2D eigenvalue weighted by Gasteiger charge is -2.04. The molecule has 0 radical (unpaired) electrons. The van der Waals surface area contributed by atoms with Crippen molar-refractivity contribution >= 4 is 22.7 Å². The van der Waals surface area contributed by atoms with Gasteiger partial charge < -0.3 is 9.15 Å². The Labute approximate surface area is 111 Å². The first kappa shape index (κ1) is 14.1. The summed E-state index contributed by atoms with van der Waals surface area (Å²) in [5.74, 6) is -2.49. The van der Waals surface area contributed by atoms with Gasteiger partial charge in [0.2, 0.25) is 0 Å². The highest BCUT2D eigenvalue weighted by Crippen LogP contribution is 2.32. The summed E-state index contributed by atoms with van der Waals surface area (Å²) >= 11 is 0. The van der Waals surface area contributed by atoms with Crippen molar-refractivity contribution < 1.29 is 31.9 Å². The fraction of sp³-hybridized carbons (Fsp3) is 0.231. The highest BCUT2D eigenvalue weighted by atomic mass is 19.4. The number of Topliss-reactive ketones (excluding diaryl/α,β-unsaturated/α-hetero) is 1. The van der Waals surface area contributed by atoms with Crippen molar-refractivity contribution in [1.82, 2.24) is 0 Å². The second kappa shape index (κ2) is 4.99. The first-order valence-corrected chi connectivity index (χ1v) is 5.65. The standard InChI is InChI=1S/C13H9F3O4/c1-2-19-12(18)11(17)10-5-7-3-4-8(13(14,15)16)6-9(7)20-10/h3-6H,2H2,1H3. The van der Waals surface area contributed by atoms with E-state index in [1.54, 1.807) is 0 Å². The third kappa shape index (κ3) is 2.66. The highest BCUT2D eigenvalue weighted by Gasteiger charge is 2.31. The summed E-state index contributed by atoms with van der Waals surface area (Å²) in [6, 6.07) is 4.02. The number of halogens is 3. The van der Waals surface area contributed by atoms with E-state index in [9.17, 15) is 22.8 Å². The quantitative estimate of drug-likeness (QED) is 0.494. The summed E-state index contributed by atoms with van der Waals surface area (Å²) in [6.07, 6.45) is -4.51. The lowest BCUT2D eigenvalue weighted by molar-refractivity contribution is -0.138. The van der Waals surface area contributed by atoms with Crippen molar-refractivity contribution in [2.24, 2.45) is 0 Å². The first-order chi connectivity index (χ1) is 9.32. The number of hydrogen-bond acceptors (Lipinski definition) is 4. The van der Waals surface area contributed by atoms with Crippen LogP contribution in [0.15, 0.2) is 28.7 Å². The number of alkyl halides is 3. The van der Waals surface area contributed by atoms with Gasteiger partial charge in [0.25, 0.3) is 0 Å². The van der Waals surface area contributed by atoms with Gasteiger partial charge in [-0.2, -0.15) is 13.2 Å². The fourth-order valence-corrected chi connectivity index (χ4v) is 1.62. The van der Waals surface area contributed by atoms with Crippen LogP contribution in [0.5, 0.6) is 0 Å². The van der Waals surface area contributed by atoms with Gasteiger partial charge >= 0.3 is 17.9 Å². The molecule has 20 heavy (non-hydrogen) atoms. The molecule has 0 bridgehead atoms. The molecule has 0 saturated carbocycles. The number of ketones is 1. The number of hydrogen-bond donors (Lipinski definition) is 0. The smallest absolute Gasteiger partial charge is 0.416 e. The van der Waals surface area contributed by atoms with Crippen LogP contribution in [0.25, 0.3) is 11.0 Å². The number of rotatable bonds is 3. The van der Waals surface area contributed by atoms with Gasteiger partial charge in [-0.15, -0.1) is 0 Å². The molecule has 0 atom stereocenters. The number of benzene rings is 1. The van der Waals surface area contributed by atoms with Crippen LogP contribution in [0.2, 0.25) is 0 Å². The highest BCUT2D eigenvalue weighted by molar-refractivity contribution is 6.40. The average molecular weight is 286 g/mol. The minimum absolute atomic E-state index is 0.0169. The van der Waals surface area contributed by atoms with Gasteiger partial charge in [-0.05, 0) is 25.1 Å². The van der Waals surface area contributed by atoms with E-state index >= 15 is 0 Å². The molecule has 1 aromatic heterocycles. The Morgan fingerprint density at radius 3 is 2.55 bits per heavy atom. The Morgan fingerprint density at radius 1 is 1.25 bits per heavy atom. The largest absolute Gasteiger partial charge is 0.460 e. The number of carbonyl (C=O) groups is 2. The predicted molar refractivity (Wildman–Crippen MR) is 62.2 cm³/mol. The van der Waals surface area contributed by atoms with Crippen LogP contribution in [0.4, 0.5) is 13.2 Å². The molecule has 4 nitrogen and oxygen atoms in total. The average Bonchev–Trinajstić information content (AvgIpc) is 2.79. The van der Waals surface area contributed by atoms with Crippen molar-refractivity contribution in [3.05, 3.63) is 35.6 Å². The Hall–Kier alpha value is -2.31. The van der Waals surface area contributed by atoms with Crippen LogP contribution < -0.4 is 0 Å². The second-order valence-electron chi connectivity index (χ2n) is 3.91. The molecule has 2 rings (SSSR count). The summed E-state index contributed by atoms with van der Waals surface area (Å²) in [6.45, 7) is 1.54. The van der Waals surface area contributed by atoms with Crippen LogP contribution in [-0.4, -0.2) is 18.4 Å². The monoisotopic (exact) mass is 286 g/mol. The molecule has 0 spiro atoms. The molecule has 7 heteroatoms. The maximum Gasteiger partial charge on any atom is 0.416 e. The fourth-order valence-electron chi connectivity index (χ4n) is 1.62. The van der Waals surface area contributed by atoms with Gasteiger partial charge in [-0.3, -0.25) is 4.79 Å². The summed E-state index contributed by atoms with van der Waals surface area (Å²) in [5, 5.41) is 0.297. The third-order valence-electron chi connectivity index (χ3n) is 2.53. The normalized spacial score (nSPS) is 11.6. The maximum absolute atomic E-state index is 12.5. The maximum atomic E-state index is 12.5. The van der Waals surface area contributed by atoms with Gasteiger partial charge in [0.1, 0.15) is 5.58 Å². The lowest BCUT2D eigenvalue weighted by atomic mass is 10.1. The van der Waals surface area contributed by atoms with Gasteiger partial charge in [-0.1, -0.05) is 6.07 Å². The van der Waals surface area contributed by atoms with Gasteiger partial charge in [0.15, 0.2) is 5.76 Å². The van der Waals surface area contributed by atoms with E-state index in [1.165, 1.54) is 19.1 Å². The van der Waals surface area contributed by atoms with Gasteiger partial charge in [0, 0.05) is 5.39 Å². The number of fused-ring (bicyclic) bond motifs is 1. The van der Waals surface area contributed by atoms with Crippen LogP contribution >= 0.6 is 0 Å². The molecule has 0 saturated heterocycles. The van der Waals surface area contributed by atoms with Crippen LogP contribution in [0.1, 0.15) is 23.0 Å². The molecule has 0 aliphatic heterocycles. The van der Waals surface area contributed by atoms with Crippen molar-refractivity contribution in [3.63, 3.8) is 0 Å². The Bertz CT molecular complexity index is 670. The zero-order valence-corrected chi connectivity index (χ0v) is 10.3. The number of ether oxygens (including phenoxy) is 1. The van der Waals surface area contributed by atoms with E-state index in [0.29, 0.717) is 5.39 Å². The van der Waals surface area contributed by atoms with E-state index in [-0.39, 0.29) is 18.0 Å². The van der Waals surface area contributed by atoms with E-state index < -0.39 is 23.5 Å². The van der Waals surface area contributed by atoms with Crippen molar-refractivity contribution in [2.75, 3.05) is 6.61 Å². The number of carbonyl (C=O) groups excluding carboxylic acids is 2. The van der Waals surface area contributed by atoms with E-state index in [4.69, 9.17) is 4.42 Å². The molecule has 0 amide bonds. The Balaban J connectivity index is 2.39. The number of furan rings is 1. The minimum atomic E-state index is -4.51. The Morgan fingerprint density at radius 2 is 1.95 bits per heavy atom. The minimum Gasteiger partial charge on any atom is -0.460 e. The number of esters is 1. The summed E-state index contributed by atoms with van der Waals surface area (Å²) < 4.78 is 47.1. The van der Waals surface area contributed by atoms with E-state index in [1.807, 2.05) is 0 Å². The van der Waals surface area contributed by atoms with Crippen LogP contribution in [0, 0.1) is 0 Å². The van der Waals surface area contributed by atoms with Gasteiger partial charge in [0.05, 0.1) is 12.2 Å². The summed E-state index contributed by atoms with van der Waals surface area (Å²) in [4.78, 5) is 22.8. The molecular formula is C13H9F3O4. The van der Waals surface area contributed by atoms with Crippen molar-refractivity contribution in [3.8, 4) is 0 Å². The predicted octanol–water partition coefficient (Wildman–Crippen LogP) is 3.20. The summed E-state index contributed by atoms with van der Waals surface area (Å²) in [5.41, 5.74) is -1.01. The van der Waals surface area contributed by atoms with E-state index in [0.717, 1.165) is 12.1 Å². The lowest BCUT2D eigenvalue weighted by Crippen LogP contribution is -2.16. The molecule has 0 fully saturated rings. The summed E-state index contributed by atoms with van der Waals surface area (Å²) in [7, 11) is 0. The zero-order chi connectivity index (χ0) is 14.9. The molecule has 0 N–H and O–H groups in total. The third-order valence-corrected chi connectivity index (χ3v) is 2.53. The molecule has 1 aromatic carbocycles. The van der Waals surface area contributed by atoms with Crippen molar-refractivity contribution in [1.29, 1.82) is 0 Å². The molecular weight excluding hydrogens is 277 g/mol. The molecule has 0 unspecified atom stereocenters. The second-order valence-corrected chi connectivity index (χ2v) is 3.91. The first-order valence-electron chi connectivity index (χ1n) is 5.65. The van der Waals surface area contributed by atoms with Crippen LogP contribution in [-0.2, 0) is 15.7 Å². The zero-order valence-electron chi connectivity index (χ0n) is 10.3. The molecule has 2 aromatic rings. The van der Waals surface area contributed by atoms with Crippen molar-refractivity contribution in [2.45, 2.75) is 13.1 Å². The molecule has 1 heterocycles. The molecule has 0 aliphatic rings.